The summed E-state index contributed by atoms with van der Waals surface area (Å²) in [6, 6.07) is 3.70. The van der Waals surface area contributed by atoms with E-state index in [0.29, 0.717) is 34.5 Å². The molecule has 3 saturated heterocycles. The quantitative estimate of drug-likeness (QED) is 0.581. The minimum atomic E-state index is -0.550. The summed E-state index contributed by atoms with van der Waals surface area (Å²) in [6.07, 6.45) is 4.12. The highest BCUT2D eigenvalue weighted by Crippen LogP contribution is 2.36. The molecule has 3 fully saturated rings. The van der Waals surface area contributed by atoms with Crippen LogP contribution in [0.3, 0.4) is 0 Å². The fourth-order valence-corrected chi connectivity index (χ4v) is 6.04. The average molecular weight is 528 g/mol. The molecule has 0 aliphatic carbocycles. The summed E-state index contributed by atoms with van der Waals surface area (Å²) in [4.78, 5) is 40.4. The molecule has 4 heterocycles. The number of likely N-dealkylation sites (tertiary alicyclic amines) is 2. The number of ether oxygens (including phenoxy) is 1. The maximum absolute atomic E-state index is 15.6. The summed E-state index contributed by atoms with van der Waals surface area (Å²) in [5, 5.41) is 10.1. The molecule has 206 valence electrons. The Balaban J connectivity index is 1.15. The van der Waals surface area contributed by atoms with E-state index in [9.17, 15) is 14.4 Å². The standard InChI is InChI=1S/C28H38FN5O4/c1-28(2,3)38-27(37)34-14-8-17(9-15-34)16-33-12-10-18(11-13-33)19-4-5-20-24(31-32-25(20)23(19)29)21-6-7-22(35)30-26(21)36/h4-5,17-18,21H,6-16H2,1-3H3,(H,31,32)(H,30,35,36). The summed E-state index contributed by atoms with van der Waals surface area (Å²) in [7, 11) is 0. The molecule has 2 N–H and O–H groups in total. The molecule has 10 heteroatoms. The van der Waals surface area contributed by atoms with Gasteiger partial charge in [0, 0.05) is 31.4 Å². The second-order valence-corrected chi connectivity index (χ2v) is 12.0. The molecular weight excluding hydrogens is 489 g/mol. The summed E-state index contributed by atoms with van der Waals surface area (Å²) >= 11 is 0. The van der Waals surface area contributed by atoms with Crippen LogP contribution in [0.5, 0.6) is 0 Å². The zero-order chi connectivity index (χ0) is 27.0. The normalized spacial score (nSPS) is 22.6. The SMILES string of the molecule is CC(C)(C)OC(=O)N1CCC(CN2CCC(c3ccc4c(C5CCC(=O)NC5=O)n[nH]c4c3F)CC2)CC1. The summed E-state index contributed by atoms with van der Waals surface area (Å²) in [6.45, 7) is 9.96. The van der Waals surface area contributed by atoms with Gasteiger partial charge in [-0.15, -0.1) is 0 Å². The molecule has 2 aromatic rings. The molecule has 1 unspecified atom stereocenters. The number of carbonyl (C=O) groups excluding carboxylic acids is 3. The Morgan fingerprint density at radius 3 is 2.45 bits per heavy atom. The van der Waals surface area contributed by atoms with Gasteiger partial charge in [-0.1, -0.05) is 12.1 Å². The summed E-state index contributed by atoms with van der Waals surface area (Å²) in [5.74, 6) is -0.812. The van der Waals surface area contributed by atoms with Crippen LogP contribution in [0.1, 0.15) is 82.4 Å². The molecule has 1 aromatic heterocycles. The number of benzene rings is 1. The number of fused-ring (bicyclic) bond motifs is 1. The minimum Gasteiger partial charge on any atom is -0.444 e. The first-order chi connectivity index (χ1) is 18.1. The Bertz CT molecular complexity index is 1210. The largest absolute Gasteiger partial charge is 0.444 e. The van der Waals surface area contributed by atoms with Crippen molar-refractivity contribution in [2.45, 2.75) is 76.7 Å². The number of aromatic nitrogens is 2. The molecule has 3 amide bonds. The number of carbonyl (C=O) groups is 3. The van der Waals surface area contributed by atoms with Gasteiger partial charge in [0.25, 0.3) is 0 Å². The number of amides is 3. The predicted octanol–water partition coefficient (Wildman–Crippen LogP) is 4.05. The number of rotatable bonds is 4. The Hall–Kier alpha value is -3.01. The fraction of sp³-hybridized carbons (Fsp3) is 0.643. The molecule has 0 saturated carbocycles. The predicted molar refractivity (Wildman–Crippen MR) is 140 cm³/mol. The third kappa shape index (κ3) is 5.70. The minimum absolute atomic E-state index is 0.131. The van der Waals surface area contributed by atoms with E-state index in [0.717, 1.165) is 58.4 Å². The molecule has 0 spiro atoms. The maximum Gasteiger partial charge on any atom is 0.410 e. The first-order valence-corrected chi connectivity index (χ1v) is 13.8. The van der Waals surface area contributed by atoms with Gasteiger partial charge in [-0.25, -0.2) is 9.18 Å². The number of halogens is 1. The number of piperidine rings is 3. The van der Waals surface area contributed by atoms with Gasteiger partial charge in [0.2, 0.25) is 11.8 Å². The van der Waals surface area contributed by atoms with Crippen molar-refractivity contribution in [1.82, 2.24) is 25.3 Å². The Labute approximate surface area is 222 Å². The van der Waals surface area contributed by atoms with E-state index in [1.165, 1.54) is 0 Å². The van der Waals surface area contributed by atoms with Crippen LogP contribution in [0, 0.1) is 11.7 Å². The molecule has 5 rings (SSSR count). The van der Waals surface area contributed by atoms with E-state index in [1.54, 1.807) is 0 Å². The van der Waals surface area contributed by atoms with E-state index in [-0.39, 0.29) is 36.1 Å². The lowest BCUT2D eigenvalue weighted by atomic mass is 9.86. The monoisotopic (exact) mass is 527 g/mol. The Kier molecular flexibility index (Phi) is 7.44. The molecule has 0 bridgehead atoms. The van der Waals surface area contributed by atoms with Crippen molar-refractivity contribution in [2.75, 3.05) is 32.7 Å². The van der Waals surface area contributed by atoms with E-state index in [4.69, 9.17) is 4.74 Å². The number of aromatic amines is 1. The van der Waals surface area contributed by atoms with E-state index in [1.807, 2.05) is 37.8 Å². The second kappa shape index (κ2) is 10.6. The highest BCUT2D eigenvalue weighted by atomic mass is 19.1. The van der Waals surface area contributed by atoms with Crippen LogP contribution in [0.2, 0.25) is 0 Å². The van der Waals surface area contributed by atoms with Gasteiger partial charge in [0.1, 0.15) is 11.1 Å². The zero-order valence-electron chi connectivity index (χ0n) is 22.5. The van der Waals surface area contributed by atoms with Crippen molar-refractivity contribution < 1.29 is 23.5 Å². The Morgan fingerprint density at radius 2 is 1.79 bits per heavy atom. The molecule has 1 atom stereocenters. The lowest BCUT2D eigenvalue weighted by molar-refractivity contribution is -0.134. The zero-order valence-corrected chi connectivity index (χ0v) is 22.5. The third-order valence-corrected chi connectivity index (χ3v) is 8.12. The van der Waals surface area contributed by atoms with E-state index < -0.39 is 11.5 Å². The molecular formula is C28H38FN5O4. The second-order valence-electron chi connectivity index (χ2n) is 12.0. The highest BCUT2D eigenvalue weighted by molar-refractivity contribution is 6.02. The maximum atomic E-state index is 15.6. The number of imide groups is 1. The third-order valence-electron chi connectivity index (χ3n) is 8.12. The summed E-state index contributed by atoms with van der Waals surface area (Å²) in [5.41, 5.74) is 1.06. The Morgan fingerprint density at radius 1 is 1.08 bits per heavy atom. The van der Waals surface area contributed by atoms with Gasteiger partial charge in [-0.05, 0) is 83.4 Å². The van der Waals surface area contributed by atoms with Gasteiger partial charge in [0.05, 0.1) is 11.6 Å². The van der Waals surface area contributed by atoms with E-state index >= 15 is 4.39 Å². The van der Waals surface area contributed by atoms with Crippen molar-refractivity contribution >= 4 is 28.8 Å². The van der Waals surface area contributed by atoms with Crippen LogP contribution >= 0.6 is 0 Å². The van der Waals surface area contributed by atoms with Crippen molar-refractivity contribution in [1.29, 1.82) is 0 Å². The van der Waals surface area contributed by atoms with Gasteiger partial charge in [0.15, 0.2) is 5.82 Å². The molecule has 0 radical (unpaired) electrons. The van der Waals surface area contributed by atoms with Crippen LogP contribution in [-0.2, 0) is 14.3 Å². The smallest absolute Gasteiger partial charge is 0.410 e. The fourth-order valence-electron chi connectivity index (χ4n) is 6.04. The highest BCUT2D eigenvalue weighted by Gasteiger charge is 2.33. The van der Waals surface area contributed by atoms with Gasteiger partial charge < -0.3 is 14.5 Å². The van der Waals surface area contributed by atoms with Crippen LogP contribution in [0.25, 0.3) is 10.9 Å². The first-order valence-electron chi connectivity index (χ1n) is 13.8. The van der Waals surface area contributed by atoms with Gasteiger partial charge in [-0.3, -0.25) is 20.0 Å². The number of nitrogens with zero attached hydrogens (tertiary/aromatic N) is 3. The van der Waals surface area contributed by atoms with Crippen molar-refractivity contribution in [3.8, 4) is 0 Å². The lowest BCUT2D eigenvalue weighted by Gasteiger charge is -2.38. The lowest BCUT2D eigenvalue weighted by Crippen LogP contribution is -2.44. The number of H-pyrrole nitrogens is 1. The van der Waals surface area contributed by atoms with Crippen molar-refractivity contribution in [2.24, 2.45) is 5.92 Å². The van der Waals surface area contributed by atoms with E-state index in [2.05, 4.69) is 20.4 Å². The van der Waals surface area contributed by atoms with Crippen LogP contribution in [0.4, 0.5) is 9.18 Å². The van der Waals surface area contributed by atoms with Gasteiger partial charge >= 0.3 is 6.09 Å². The molecule has 3 aliphatic rings. The molecule has 1 aromatic carbocycles. The average Bonchev–Trinajstić information content (AvgIpc) is 3.29. The van der Waals surface area contributed by atoms with Crippen LogP contribution < -0.4 is 5.32 Å². The molecule has 9 nitrogen and oxygen atoms in total. The number of hydrogen-bond acceptors (Lipinski definition) is 6. The van der Waals surface area contributed by atoms with Gasteiger partial charge in [-0.2, -0.15) is 5.10 Å². The van der Waals surface area contributed by atoms with Crippen LogP contribution in [0.15, 0.2) is 12.1 Å². The number of hydrogen-bond donors (Lipinski definition) is 2. The topological polar surface area (TPSA) is 108 Å². The molecule has 3 aliphatic heterocycles. The van der Waals surface area contributed by atoms with Crippen molar-refractivity contribution in [3.05, 3.63) is 29.2 Å². The summed E-state index contributed by atoms with van der Waals surface area (Å²) < 4.78 is 21.1. The van der Waals surface area contributed by atoms with Crippen LogP contribution in [-0.4, -0.2) is 76.2 Å². The molecule has 38 heavy (non-hydrogen) atoms. The first kappa shape index (κ1) is 26.6. The van der Waals surface area contributed by atoms with Crippen molar-refractivity contribution in [3.63, 3.8) is 0 Å². The number of nitrogens with one attached hydrogen (secondary N) is 2.